The molecule has 2 N–H and O–H groups in total. The first-order valence-electron chi connectivity index (χ1n) is 5.52. The van der Waals surface area contributed by atoms with Gasteiger partial charge in [0.15, 0.2) is 0 Å². The minimum atomic E-state index is -3.40. The lowest BCUT2D eigenvalue weighted by Crippen LogP contribution is -2.24. The summed E-state index contributed by atoms with van der Waals surface area (Å²) in [5.74, 6) is 0.443. The van der Waals surface area contributed by atoms with Gasteiger partial charge < -0.3 is 5.32 Å². The zero-order valence-corrected chi connectivity index (χ0v) is 10.4. The van der Waals surface area contributed by atoms with Gasteiger partial charge in [-0.15, -0.1) is 0 Å². The third-order valence-corrected chi connectivity index (χ3v) is 3.87. The number of aliphatic imine (C=N–C) groups is 1. The molecule has 1 aromatic rings. The summed E-state index contributed by atoms with van der Waals surface area (Å²) >= 11 is 0. The molecule has 0 saturated heterocycles. The number of benzene rings is 1. The van der Waals surface area contributed by atoms with Gasteiger partial charge in [-0.3, -0.25) is 9.71 Å². The summed E-state index contributed by atoms with van der Waals surface area (Å²) in [5, 5.41) is 3.13. The molecule has 0 bridgehead atoms. The maximum atomic E-state index is 11.7. The molecule has 0 radical (unpaired) electrons. The van der Waals surface area contributed by atoms with Crippen LogP contribution < -0.4 is 10.0 Å². The van der Waals surface area contributed by atoms with Gasteiger partial charge >= 0.3 is 0 Å². The predicted octanol–water partition coefficient (Wildman–Crippen LogP) is 0.335. The Balaban J connectivity index is 2.23. The fourth-order valence-electron chi connectivity index (χ4n) is 1.67. The molecule has 0 atom stereocenters. The molecule has 0 spiro atoms. The minimum Gasteiger partial charge on any atom is -0.315 e. The van der Waals surface area contributed by atoms with Crippen LogP contribution in [0.1, 0.15) is 12.5 Å². The van der Waals surface area contributed by atoms with Gasteiger partial charge in [0.05, 0.1) is 11.4 Å². The monoisotopic (exact) mass is 253 g/mol. The van der Waals surface area contributed by atoms with E-state index in [9.17, 15) is 8.42 Å². The summed E-state index contributed by atoms with van der Waals surface area (Å²) in [6, 6.07) is 6.87. The Bertz CT molecular complexity index is 537. The highest BCUT2D eigenvalue weighted by atomic mass is 32.2. The van der Waals surface area contributed by atoms with Gasteiger partial charge in [-0.1, -0.05) is 19.1 Å². The zero-order chi connectivity index (χ0) is 12.3. The highest BCUT2D eigenvalue weighted by Crippen LogP contribution is 2.21. The van der Waals surface area contributed by atoms with E-state index in [4.69, 9.17) is 0 Å². The highest BCUT2D eigenvalue weighted by Gasteiger charge is 2.29. The Morgan fingerprint density at radius 1 is 1.35 bits per heavy atom. The molecule has 0 saturated carbocycles. The van der Waals surface area contributed by atoms with Crippen LogP contribution in [0.4, 0.5) is 0 Å². The standard InChI is InChI=1S/C11H15N3O2S/c1-2-12-7-8-13-11-9-5-3-4-6-10(9)17(15,16)14-11/h3-6,12H,2,7-8H2,1H3,(H,13,14). The maximum absolute atomic E-state index is 11.7. The number of nitrogens with one attached hydrogen (secondary N) is 2. The highest BCUT2D eigenvalue weighted by molar-refractivity contribution is 7.90. The average Bonchev–Trinajstić information content (AvgIpc) is 2.58. The molecular weight excluding hydrogens is 238 g/mol. The van der Waals surface area contributed by atoms with Crippen molar-refractivity contribution < 1.29 is 8.42 Å². The molecule has 0 aliphatic carbocycles. The first kappa shape index (κ1) is 12.1. The third-order valence-electron chi connectivity index (χ3n) is 2.47. The summed E-state index contributed by atoms with van der Waals surface area (Å²) in [6.45, 7) is 4.19. The van der Waals surface area contributed by atoms with E-state index < -0.39 is 10.0 Å². The smallest absolute Gasteiger partial charge is 0.263 e. The van der Waals surface area contributed by atoms with Crippen LogP contribution in [-0.2, 0) is 10.0 Å². The fourth-order valence-corrected chi connectivity index (χ4v) is 2.93. The summed E-state index contributed by atoms with van der Waals surface area (Å²) in [6.07, 6.45) is 0. The van der Waals surface area contributed by atoms with Gasteiger partial charge in [-0.2, -0.15) is 0 Å². The van der Waals surface area contributed by atoms with E-state index in [1.807, 2.05) is 6.92 Å². The molecular formula is C11H15N3O2S. The number of hydrogen-bond acceptors (Lipinski definition) is 4. The van der Waals surface area contributed by atoms with Crippen LogP contribution in [0.2, 0.25) is 0 Å². The van der Waals surface area contributed by atoms with Gasteiger partial charge in [-0.25, -0.2) is 8.42 Å². The fraction of sp³-hybridized carbons (Fsp3) is 0.364. The molecule has 2 rings (SSSR count). The van der Waals surface area contributed by atoms with Gasteiger partial charge in [0.1, 0.15) is 5.84 Å². The normalized spacial score (nSPS) is 19.0. The molecule has 92 valence electrons. The van der Waals surface area contributed by atoms with Crippen LogP contribution in [0.25, 0.3) is 0 Å². The quantitative estimate of drug-likeness (QED) is 0.760. The van der Waals surface area contributed by atoms with Crippen LogP contribution in [-0.4, -0.2) is 33.9 Å². The van der Waals surface area contributed by atoms with E-state index >= 15 is 0 Å². The zero-order valence-electron chi connectivity index (χ0n) is 9.60. The third kappa shape index (κ3) is 2.48. The second kappa shape index (κ2) is 4.85. The second-order valence-corrected chi connectivity index (χ2v) is 5.34. The topological polar surface area (TPSA) is 70.6 Å². The number of rotatable bonds is 4. The van der Waals surface area contributed by atoms with Crippen LogP contribution >= 0.6 is 0 Å². The van der Waals surface area contributed by atoms with Crippen molar-refractivity contribution in [3.8, 4) is 0 Å². The van der Waals surface area contributed by atoms with Crippen molar-refractivity contribution in [3.63, 3.8) is 0 Å². The molecule has 0 amide bonds. The number of likely N-dealkylation sites (N-methyl/N-ethyl adjacent to an activating group) is 1. The Hall–Kier alpha value is -1.40. The van der Waals surface area contributed by atoms with Crippen molar-refractivity contribution in [2.45, 2.75) is 11.8 Å². The number of hydrogen-bond donors (Lipinski definition) is 2. The van der Waals surface area contributed by atoms with Crippen LogP contribution in [0.3, 0.4) is 0 Å². The average molecular weight is 253 g/mol. The summed E-state index contributed by atoms with van der Waals surface area (Å²) in [4.78, 5) is 4.57. The summed E-state index contributed by atoms with van der Waals surface area (Å²) in [5.41, 5.74) is 0.656. The lowest BCUT2D eigenvalue weighted by Gasteiger charge is -1.99. The molecule has 0 aromatic heterocycles. The van der Waals surface area contributed by atoms with Crippen molar-refractivity contribution in [1.29, 1.82) is 0 Å². The SMILES string of the molecule is CCNCCN=C1NS(=O)(=O)c2ccccc21. The number of fused-ring (bicyclic) bond motifs is 1. The first-order chi connectivity index (χ1) is 8.15. The number of nitrogens with zero attached hydrogens (tertiary/aromatic N) is 1. The van der Waals surface area contributed by atoms with Crippen molar-refractivity contribution in [2.24, 2.45) is 4.99 Å². The van der Waals surface area contributed by atoms with E-state index in [1.165, 1.54) is 0 Å². The van der Waals surface area contributed by atoms with Crippen molar-refractivity contribution >= 4 is 15.9 Å². The molecule has 1 aromatic carbocycles. The van der Waals surface area contributed by atoms with Crippen LogP contribution in [0.5, 0.6) is 0 Å². The lowest BCUT2D eigenvalue weighted by atomic mass is 10.2. The van der Waals surface area contributed by atoms with E-state index in [2.05, 4.69) is 15.0 Å². The molecule has 0 unspecified atom stereocenters. The Morgan fingerprint density at radius 2 is 2.12 bits per heavy atom. The number of amidine groups is 1. The molecule has 1 heterocycles. The van der Waals surface area contributed by atoms with E-state index in [0.29, 0.717) is 22.8 Å². The van der Waals surface area contributed by atoms with E-state index in [0.717, 1.165) is 13.1 Å². The molecule has 17 heavy (non-hydrogen) atoms. The maximum Gasteiger partial charge on any atom is 0.263 e. The number of sulfonamides is 1. The van der Waals surface area contributed by atoms with Gasteiger partial charge in [-0.05, 0) is 18.7 Å². The molecule has 0 fully saturated rings. The second-order valence-electron chi connectivity index (χ2n) is 3.69. The Labute approximate surface area is 101 Å². The van der Waals surface area contributed by atoms with Gasteiger partial charge in [0.25, 0.3) is 10.0 Å². The predicted molar refractivity (Wildman–Crippen MR) is 66.7 cm³/mol. The van der Waals surface area contributed by atoms with Crippen LogP contribution in [0.15, 0.2) is 34.2 Å². The van der Waals surface area contributed by atoms with Gasteiger partial charge in [0.2, 0.25) is 0 Å². The van der Waals surface area contributed by atoms with Crippen molar-refractivity contribution in [2.75, 3.05) is 19.6 Å². The van der Waals surface area contributed by atoms with Crippen molar-refractivity contribution in [1.82, 2.24) is 10.0 Å². The summed E-state index contributed by atoms with van der Waals surface area (Å²) in [7, 11) is -3.40. The van der Waals surface area contributed by atoms with Crippen LogP contribution in [0, 0.1) is 0 Å². The Morgan fingerprint density at radius 3 is 2.88 bits per heavy atom. The summed E-state index contributed by atoms with van der Waals surface area (Å²) < 4.78 is 26.0. The molecule has 1 aliphatic heterocycles. The Kier molecular flexibility index (Phi) is 3.44. The largest absolute Gasteiger partial charge is 0.315 e. The van der Waals surface area contributed by atoms with Gasteiger partial charge in [0, 0.05) is 12.1 Å². The van der Waals surface area contributed by atoms with Crippen molar-refractivity contribution in [3.05, 3.63) is 29.8 Å². The molecule has 6 heteroatoms. The minimum absolute atomic E-state index is 0.308. The van der Waals surface area contributed by atoms with E-state index in [-0.39, 0.29) is 0 Å². The molecule has 1 aliphatic rings. The lowest BCUT2D eigenvalue weighted by molar-refractivity contribution is 0.595. The first-order valence-corrected chi connectivity index (χ1v) is 7.01. The molecule has 5 nitrogen and oxygen atoms in total. The van der Waals surface area contributed by atoms with E-state index in [1.54, 1.807) is 24.3 Å².